The molecule has 3 rings (SSSR count). The largest absolute Gasteiger partial charge is 0.339 e. The van der Waals surface area contributed by atoms with Gasteiger partial charge in [0.15, 0.2) is 0 Å². The highest BCUT2D eigenvalue weighted by Gasteiger charge is 2.25. The van der Waals surface area contributed by atoms with Crippen molar-refractivity contribution < 1.29 is 9.59 Å². The average molecular weight is 371 g/mol. The molecule has 0 aromatic heterocycles. The standard InChI is InChI=1S/C21H23ClN2O2/c1-24(15-9-3-2-4-10-15)21(26)17-12-6-8-14-19(17)23-20(25)16-11-5-7-13-18(16)22/h5-8,11-15H,2-4,9-10H2,1H3,(H,23,25). The van der Waals surface area contributed by atoms with Crippen LogP contribution in [0.15, 0.2) is 48.5 Å². The van der Waals surface area contributed by atoms with Crippen molar-refractivity contribution in [3.63, 3.8) is 0 Å². The van der Waals surface area contributed by atoms with Gasteiger partial charge in [-0.3, -0.25) is 9.59 Å². The third-order valence-electron chi connectivity index (χ3n) is 4.97. The molecule has 0 heterocycles. The van der Waals surface area contributed by atoms with Gasteiger partial charge in [0, 0.05) is 13.1 Å². The first-order valence-electron chi connectivity index (χ1n) is 9.00. The molecule has 2 amide bonds. The monoisotopic (exact) mass is 370 g/mol. The third kappa shape index (κ3) is 4.07. The molecular weight excluding hydrogens is 348 g/mol. The molecule has 4 nitrogen and oxygen atoms in total. The van der Waals surface area contributed by atoms with Gasteiger partial charge in [0.25, 0.3) is 11.8 Å². The predicted molar refractivity (Wildman–Crippen MR) is 105 cm³/mol. The number of carbonyl (C=O) groups excluding carboxylic acids is 2. The highest BCUT2D eigenvalue weighted by molar-refractivity contribution is 6.34. The van der Waals surface area contributed by atoms with E-state index >= 15 is 0 Å². The zero-order chi connectivity index (χ0) is 18.5. The number of hydrogen-bond donors (Lipinski definition) is 1. The Hall–Kier alpha value is -2.33. The highest BCUT2D eigenvalue weighted by Crippen LogP contribution is 2.25. The van der Waals surface area contributed by atoms with Crippen molar-refractivity contribution in [3.05, 3.63) is 64.7 Å². The van der Waals surface area contributed by atoms with Gasteiger partial charge < -0.3 is 10.2 Å². The fourth-order valence-electron chi connectivity index (χ4n) is 3.44. The minimum Gasteiger partial charge on any atom is -0.339 e. The van der Waals surface area contributed by atoms with E-state index in [9.17, 15) is 9.59 Å². The number of anilines is 1. The normalized spacial score (nSPS) is 14.7. The van der Waals surface area contributed by atoms with Crippen molar-refractivity contribution in [2.45, 2.75) is 38.1 Å². The number of nitrogens with zero attached hydrogens (tertiary/aromatic N) is 1. The van der Waals surface area contributed by atoms with E-state index in [1.165, 1.54) is 6.42 Å². The molecular formula is C21H23ClN2O2. The fourth-order valence-corrected chi connectivity index (χ4v) is 3.66. The second-order valence-corrected chi connectivity index (χ2v) is 7.09. The zero-order valence-electron chi connectivity index (χ0n) is 14.9. The second kappa shape index (κ2) is 8.37. The Morgan fingerprint density at radius 3 is 2.27 bits per heavy atom. The summed E-state index contributed by atoms with van der Waals surface area (Å²) >= 11 is 6.10. The maximum Gasteiger partial charge on any atom is 0.257 e. The van der Waals surface area contributed by atoms with Crippen molar-refractivity contribution in [2.24, 2.45) is 0 Å². The van der Waals surface area contributed by atoms with Gasteiger partial charge in [0.2, 0.25) is 0 Å². The molecule has 2 aromatic carbocycles. The van der Waals surface area contributed by atoms with Gasteiger partial charge in [0.1, 0.15) is 0 Å². The van der Waals surface area contributed by atoms with Crippen molar-refractivity contribution in [2.75, 3.05) is 12.4 Å². The van der Waals surface area contributed by atoms with Gasteiger partial charge in [-0.05, 0) is 37.1 Å². The van der Waals surface area contributed by atoms with Crippen molar-refractivity contribution in [3.8, 4) is 0 Å². The molecule has 5 heteroatoms. The predicted octanol–water partition coefficient (Wildman–Crippen LogP) is 5.00. The van der Waals surface area contributed by atoms with Gasteiger partial charge in [-0.2, -0.15) is 0 Å². The molecule has 136 valence electrons. The smallest absolute Gasteiger partial charge is 0.257 e. The molecule has 26 heavy (non-hydrogen) atoms. The van der Waals surface area contributed by atoms with E-state index in [-0.39, 0.29) is 17.9 Å². The minimum absolute atomic E-state index is 0.0630. The number of amides is 2. The lowest BCUT2D eigenvalue weighted by atomic mass is 9.94. The summed E-state index contributed by atoms with van der Waals surface area (Å²) in [6.07, 6.45) is 5.64. The number of hydrogen-bond acceptors (Lipinski definition) is 2. The Morgan fingerprint density at radius 2 is 1.58 bits per heavy atom. The van der Waals surface area contributed by atoms with Crippen LogP contribution < -0.4 is 5.32 Å². The van der Waals surface area contributed by atoms with E-state index in [0.717, 1.165) is 25.7 Å². The Labute approximate surface area is 159 Å². The summed E-state index contributed by atoms with van der Waals surface area (Å²) in [7, 11) is 1.85. The first kappa shape index (κ1) is 18.5. The maximum absolute atomic E-state index is 13.0. The Kier molecular flexibility index (Phi) is 5.94. The van der Waals surface area contributed by atoms with Crippen LogP contribution in [0.25, 0.3) is 0 Å². The number of nitrogens with one attached hydrogen (secondary N) is 1. The molecule has 0 saturated heterocycles. The summed E-state index contributed by atoms with van der Waals surface area (Å²) in [6, 6.07) is 14.3. The molecule has 1 aliphatic carbocycles. The first-order valence-corrected chi connectivity index (χ1v) is 9.38. The van der Waals surface area contributed by atoms with E-state index in [1.54, 1.807) is 42.5 Å². The van der Waals surface area contributed by atoms with Gasteiger partial charge in [0.05, 0.1) is 21.8 Å². The third-order valence-corrected chi connectivity index (χ3v) is 5.30. The number of carbonyl (C=O) groups is 2. The van der Waals surface area contributed by atoms with Gasteiger partial charge in [-0.1, -0.05) is 55.1 Å². The molecule has 2 aromatic rings. The Balaban J connectivity index is 1.80. The number of halogens is 1. The Bertz CT molecular complexity index is 800. The fraction of sp³-hybridized carbons (Fsp3) is 0.333. The van der Waals surface area contributed by atoms with Crippen LogP contribution in [0.3, 0.4) is 0 Å². The van der Waals surface area contributed by atoms with Gasteiger partial charge >= 0.3 is 0 Å². The van der Waals surface area contributed by atoms with Crippen LogP contribution in [0.4, 0.5) is 5.69 Å². The molecule has 1 saturated carbocycles. The maximum atomic E-state index is 13.0. The summed E-state index contributed by atoms with van der Waals surface area (Å²) in [6.45, 7) is 0. The molecule has 1 aliphatic rings. The van der Waals surface area contributed by atoms with Crippen LogP contribution in [-0.4, -0.2) is 29.8 Å². The van der Waals surface area contributed by atoms with E-state index < -0.39 is 0 Å². The SMILES string of the molecule is CN(C(=O)c1ccccc1NC(=O)c1ccccc1Cl)C1CCCCC1. The first-order chi connectivity index (χ1) is 12.6. The molecule has 0 atom stereocenters. The van der Waals surface area contributed by atoms with Crippen molar-refractivity contribution in [1.82, 2.24) is 4.90 Å². The molecule has 1 fully saturated rings. The molecule has 0 spiro atoms. The van der Waals surface area contributed by atoms with E-state index in [4.69, 9.17) is 11.6 Å². The lowest BCUT2D eigenvalue weighted by Gasteiger charge is -2.31. The number of rotatable bonds is 4. The summed E-state index contributed by atoms with van der Waals surface area (Å²) in [4.78, 5) is 27.4. The lowest BCUT2D eigenvalue weighted by Crippen LogP contribution is -2.38. The molecule has 0 unspecified atom stereocenters. The van der Waals surface area contributed by atoms with Crippen LogP contribution in [-0.2, 0) is 0 Å². The van der Waals surface area contributed by atoms with Crippen LogP contribution in [0.1, 0.15) is 52.8 Å². The van der Waals surface area contributed by atoms with Crippen LogP contribution in [0, 0.1) is 0 Å². The average Bonchev–Trinajstić information content (AvgIpc) is 2.68. The molecule has 0 aliphatic heterocycles. The minimum atomic E-state index is -0.323. The number of para-hydroxylation sites is 1. The molecule has 0 bridgehead atoms. The second-order valence-electron chi connectivity index (χ2n) is 6.69. The van der Waals surface area contributed by atoms with Crippen molar-refractivity contribution >= 4 is 29.1 Å². The Morgan fingerprint density at radius 1 is 0.962 bits per heavy atom. The van der Waals surface area contributed by atoms with Gasteiger partial charge in [-0.25, -0.2) is 0 Å². The van der Waals surface area contributed by atoms with E-state index in [2.05, 4.69) is 5.32 Å². The number of benzene rings is 2. The topological polar surface area (TPSA) is 49.4 Å². The van der Waals surface area contributed by atoms with Crippen molar-refractivity contribution in [1.29, 1.82) is 0 Å². The summed E-state index contributed by atoms with van der Waals surface area (Å²) in [5.74, 6) is -0.386. The summed E-state index contributed by atoms with van der Waals surface area (Å²) in [5, 5.41) is 3.22. The van der Waals surface area contributed by atoms with Crippen LogP contribution in [0.5, 0.6) is 0 Å². The van der Waals surface area contributed by atoms with Crippen LogP contribution in [0.2, 0.25) is 5.02 Å². The lowest BCUT2D eigenvalue weighted by molar-refractivity contribution is 0.0697. The van der Waals surface area contributed by atoms with E-state index in [0.29, 0.717) is 21.8 Å². The quantitative estimate of drug-likeness (QED) is 0.823. The summed E-state index contributed by atoms with van der Waals surface area (Å²) < 4.78 is 0. The van der Waals surface area contributed by atoms with E-state index in [1.807, 2.05) is 18.0 Å². The molecule has 0 radical (unpaired) electrons. The summed E-state index contributed by atoms with van der Waals surface area (Å²) in [5.41, 5.74) is 1.39. The highest BCUT2D eigenvalue weighted by atomic mass is 35.5. The van der Waals surface area contributed by atoms with Gasteiger partial charge in [-0.15, -0.1) is 0 Å². The molecule has 1 N–H and O–H groups in total. The van der Waals surface area contributed by atoms with Crippen LogP contribution >= 0.6 is 11.6 Å². The zero-order valence-corrected chi connectivity index (χ0v) is 15.6.